The van der Waals surface area contributed by atoms with E-state index in [4.69, 9.17) is 9.72 Å². The molecule has 2 nitrogen and oxygen atoms in total. The lowest BCUT2D eigenvalue weighted by molar-refractivity contribution is 0.405. The Kier molecular flexibility index (Phi) is 5.28. The highest BCUT2D eigenvalue weighted by molar-refractivity contribution is 8.04. The van der Waals surface area contributed by atoms with Crippen LogP contribution in [0.25, 0.3) is 10.2 Å². The molecule has 22 heavy (non-hydrogen) atoms. The monoisotopic (exact) mass is 347 g/mol. The molecule has 3 rings (SSSR count). The number of rotatable bonds is 6. The first kappa shape index (κ1) is 15.7. The van der Waals surface area contributed by atoms with Gasteiger partial charge in [0.05, 0.1) is 17.3 Å². The molecule has 5 heteroatoms. The fraction of sp³-hybridized carbons (Fsp3) is 0.235. The van der Waals surface area contributed by atoms with Crippen LogP contribution in [0, 0.1) is 6.92 Å². The molecule has 0 unspecified atom stereocenters. The molecular weight excluding hydrogens is 330 g/mol. The number of ether oxygens (including phenoxy) is 1. The highest BCUT2D eigenvalue weighted by Gasteiger charge is 2.06. The Hall–Kier alpha value is -1.17. The van der Waals surface area contributed by atoms with Crippen LogP contribution in [0.1, 0.15) is 5.56 Å². The molecule has 114 valence electrons. The van der Waals surface area contributed by atoms with E-state index in [-0.39, 0.29) is 0 Å². The van der Waals surface area contributed by atoms with Crippen LogP contribution >= 0.6 is 34.9 Å². The summed E-state index contributed by atoms with van der Waals surface area (Å²) < 4.78 is 7.80. The first-order valence-corrected chi connectivity index (χ1v) is 9.81. The zero-order valence-electron chi connectivity index (χ0n) is 12.5. The third-order valence-corrected chi connectivity index (χ3v) is 6.65. The van der Waals surface area contributed by atoms with Gasteiger partial charge in [0.2, 0.25) is 0 Å². The Labute approximate surface area is 143 Å². The molecule has 0 bridgehead atoms. The predicted molar refractivity (Wildman–Crippen MR) is 98.8 cm³/mol. The zero-order valence-corrected chi connectivity index (χ0v) is 15.0. The summed E-state index contributed by atoms with van der Waals surface area (Å²) in [6.07, 6.45) is 0. The fourth-order valence-corrected chi connectivity index (χ4v) is 5.22. The van der Waals surface area contributed by atoms with Crippen molar-refractivity contribution in [3.05, 3.63) is 48.0 Å². The van der Waals surface area contributed by atoms with Gasteiger partial charge in [0.25, 0.3) is 0 Å². The minimum absolute atomic E-state index is 0.952. The predicted octanol–water partition coefficient (Wildman–Crippen LogP) is 5.50. The number of para-hydroxylation sites is 1. The number of benzene rings is 2. The molecule has 0 atom stereocenters. The maximum Gasteiger partial charge on any atom is 0.151 e. The van der Waals surface area contributed by atoms with Crippen LogP contribution in [0.4, 0.5) is 0 Å². The SMILES string of the molecule is COc1ccccc1SCCSc1nc2cc(C)ccc2s1. The van der Waals surface area contributed by atoms with Crippen molar-refractivity contribution in [3.63, 3.8) is 0 Å². The van der Waals surface area contributed by atoms with Gasteiger partial charge in [0.15, 0.2) is 4.34 Å². The average Bonchev–Trinajstić information content (AvgIpc) is 2.93. The number of fused-ring (bicyclic) bond motifs is 1. The number of hydrogen-bond acceptors (Lipinski definition) is 5. The highest BCUT2D eigenvalue weighted by Crippen LogP contribution is 2.33. The summed E-state index contributed by atoms with van der Waals surface area (Å²) in [5.41, 5.74) is 2.38. The molecule has 0 saturated carbocycles. The van der Waals surface area contributed by atoms with E-state index in [2.05, 4.69) is 31.2 Å². The van der Waals surface area contributed by atoms with Crippen molar-refractivity contribution in [3.8, 4) is 5.75 Å². The van der Waals surface area contributed by atoms with Gasteiger partial charge < -0.3 is 4.74 Å². The minimum Gasteiger partial charge on any atom is -0.496 e. The van der Waals surface area contributed by atoms with Crippen LogP contribution in [-0.4, -0.2) is 23.6 Å². The van der Waals surface area contributed by atoms with Gasteiger partial charge in [0, 0.05) is 16.4 Å². The number of thioether (sulfide) groups is 2. The Morgan fingerprint density at radius 2 is 1.91 bits per heavy atom. The lowest BCUT2D eigenvalue weighted by Crippen LogP contribution is -1.88. The zero-order chi connectivity index (χ0) is 15.4. The highest BCUT2D eigenvalue weighted by atomic mass is 32.2. The van der Waals surface area contributed by atoms with Crippen molar-refractivity contribution >= 4 is 45.1 Å². The average molecular weight is 348 g/mol. The number of aryl methyl sites for hydroxylation is 1. The Balaban J connectivity index is 1.56. The normalized spacial score (nSPS) is 11.0. The van der Waals surface area contributed by atoms with Crippen molar-refractivity contribution < 1.29 is 4.74 Å². The molecule has 0 aliphatic carbocycles. The number of aromatic nitrogens is 1. The van der Waals surface area contributed by atoms with Gasteiger partial charge in [-0.15, -0.1) is 23.1 Å². The van der Waals surface area contributed by atoms with E-state index in [0.29, 0.717) is 0 Å². The summed E-state index contributed by atoms with van der Waals surface area (Å²) in [7, 11) is 1.72. The Bertz CT molecular complexity index is 769. The third kappa shape index (κ3) is 3.77. The molecule has 2 aromatic carbocycles. The molecule has 1 heterocycles. The van der Waals surface area contributed by atoms with Gasteiger partial charge in [-0.25, -0.2) is 4.98 Å². The molecule has 0 radical (unpaired) electrons. The minimum atomic E-state index is 0.952. The van der Waals surface area contributed by atoms with E-state index in [1.54, 1.807) is 18.4 Å². The lowest BCUT2D eigenvalue weighted by Gasteiger charge is -2.06. The van der Waals surface area contributed by atoms with Crippen LogP contribution < -0.4 is 4.74 Å². The summed E-state index contributed by atoms with van der Waals surface area (Å²) in [6.45, 7) is 2.11. The van der Waals surface area contributed by atoms with E-state index in [1.807, 2.05) is 41.7 Å². The second-order valence-electron chi connectivity index (χ2n) is 4.80. The summed E-state index contributed by atoms with van der Waals surface area (Å²) >= 11 is 5.44. The van der Waals surface area contributed by atoms with Crippen LogP contribution in [0.2, 0.25) is 0 Å². The largest absolute Gasteiger partial charge is 0.496 e. The number of thiazole rings is 1. The number of hydrogen-bond donors (Lipinski definition) is 0. The molecule has 1 aromatic heterocycles. The van der Waals surface area contributed by atoms with Gasteiger partial charge >= 0.3 is 0 Å². The molecule has 0 aliphatic heterocycles. The molecule has 0 aliphatic rings. The first-order valence-electron chi connectivity index (χ1n) is 7.02. The Morgan fingerprint density at radius 3 is 2.77 bits per heavy atom. The smallest absolute Gasteiger partial charge is 0.151 e. The summed E-state index contributed by atoms with van der Waals surface area (Å²) in [6, 6.07) is 14.6. The van der Waals surface area contributed by atoms with E-state index >= 15 is 0 Å². The van der Waals surface area contributed by atoms with Gasteiger partial charge in [0.1, 0.15) is 5.75 Å². The molecule has 0 spiro atoms. The quantitative estimate of drug-likeness (QED) is 0.434. The van der Waals surface area contributed by atoms with Gasteiger partial charge in [-0.2, -0.15) is 0 Å². The van der Waals surface area contributed by atoms with Crippen LogP contribution in [-0.2, 0) is 0 Å². The molecule has 3 aromatic rings. The van der Waals surface area contributed by atoms with Crippen LogP contribution in [0.3, 0.4) is 0 Å². The topological polar surface area (TPSA) is 22.1 Å². The van der Waals surface area contributed by atoms with Crippen LogP contribution in [0.5, 0.6) is 5.75 Å². The van der Waals surface area contributed by atoms with Crippen molar-refractivity contribution in [1.29, 1.82) is 0 Å². The van der Waals surface area contributed by atoms with Gasteiger partial charge in [-0.3, -0.25) is 0 Å². The lowest BCUT2D eigenvalue weighted by atomic mass is 10.2. The van der Waals surface area contributed by atoms with Crippen molar-refractivity contribution in [2.75, 3.05) is 18.6 Å². The van der Waals surface area contributed by atoms with Crippen molar-refractivity contribution in [2.45, 2.75) is 16.2 Å². The molecule has 0 fully saturated rings. The third-order valence-electron chi connectivity index (χ3n) is 3.16. The van der Waals surface area contributed by atoms with E-state index in [9.17, 15) is 0 Å². The standard InChI is InChI=1S/C17H17NOS3/c1-12-7-8-15-13(11-12)18-17(22-15)21-10-9-20-16-6-4-3-5-14(16)19-2/h3-8,11H,9-10H2,1-2H3. The van der Waals surface area contributed by atoms with Crippen molar-refractivity contribution in [2.24, 2.45) is 0 Å². The van der Waals surface area contributed by atoms with E-state index in [1.165, 1.54) is 15.2 Å². The second kappa shape index (κ2) is 7.40. The maximum atomic E-state index is 5.37. The first-order chi connectivity index (χ1) is 10.8. The van der Waals surface area contributed by atoms with Crippen LogP contribution in [0.15, 0.2) is 51.7 Å². The molecule has 0 saturated heterocycles. The number of methoxy groups -OCH3 is 1. The summed E-state index contributed by atoms with van der Waals surface area (Å²) in [4.78, 5) is 5.90. The second-order valence-corrected chi connectivity index (χ2v) is 8.31. The van der Waals surface area contributed by atoms with Crippen molar-refractivity contribution in [1.82, 2.24) is 4.98 Å². The van der Waals surface area contributed by atoms with Gasteiger partial charge in [-0.05, 0) is 36.8 Å². The molecule has 0 N–H and O–H groups in total. The summed E-state index contributed by atoms with van der Waals surface area (Å²) in [5, 5.41) is 0. The number of nitrogens with zero attached hydrogens (tertiary/aromatic N) is 1. The summed E-state index contributed by atoms with van der Waals surface area (Å²) in [5.74, 6) is 3.04. The Morgan fingerprint density at radius 1 is 1.09 bits per heavy atom. The maximum absolute atomic E-state index is 5.37. The fourth-order valence-electron chi connectivity index (χ4n) is 2.10. The van der Waals surface area contributed by atoms with Gasteiger partial charge in [-0.1, -0.05) is 30.0 Å². The van der Waals surface area contributed by atoms with E-state index in [0.717, 1.165) is 27.1 Å². The van der Waals surface area contributed by atoms with E-state index < -0.39 is 0 Å². The molecule has 0 amide bonds. The molecular formula is C17H17NOS3.